The summed E-state index contributed by atoms with van der Waals surface area (Å²) < 4.78 is 5.51. The van der Waals surface area contributed by atoms with Crippen molar-refractivity contribution >= 4 is 17.7 Å². The van der Waals surface area contributed by atoms with E-state index in [0.717, 1.165) is 12.8 Å². The Kier molecular flexibility index (Phi) is 6.35. The summed E-state index contributed by atoms with van der Waals surface area (Å²) in [6, 6.07) is 6.77. The number of likely N-dealkylation sites (tertiary alicyclic amines) is 1. The van der Waals surface area contributed by atoms with Gasteiger partial charge in [0.05, 0.1) is 0 Å². The number of nitrogens with zero attached hydrogens (tertiary/aromatic N) is 1. The van der Waals surface area contributed by atoms with Crippen molar-refractivity contribution in [2.45, 2.75) is 32.6 Å². The molecule has 1 aliphatic rings. The molecule has 0 spiro atoms. The first-order valence-electron chi connectivity index (χ1n) is 8.19. The highest BCUT2D eigenvalue weighted by Crippen LogP contribution is 2.21. The average molecular weight is 333 g/mol. The Morgan fingerprint density at radius 3 is 2.83 bits per heavy atom. The third-order valence-corrected chi connectivity index (χ3v) is 4.24. The normalized spacial score (nSPS) is 17.4. The van der Waals surface area contributed by atoms with E-state index >= 15 is 0 Å². The fourth-order valence-electron chi connectivity index (χ4n) is 2.90. The number of benzene rings is 1. The van der Waals surface area contributed by atoms with Gasteiger partial charge in [-0.1, -0.05) is 12.1 Å². The smallest absolute Gasteiger partial charge is 0.303 e. The van der Waals surface area contributed by atoms with E-state index in [0.29, 0.717) is 30.8 Å². The molecule has 1 heterocycles. The largest absolute Gasteiger partial charge is 0.484 e. The molecule has 1 amide bonds. The van der Waals surface area contributed by atoms with E-state index in [9.17, 15) is 14.4 Å². The average Bonchev–Trinajstić information content (AvgIpc) is 2.58. The van der Waals surface area contributed by atoms with E-state index < -0.39 is 5.97 Å². The molecule has 130 valence electrons. The summed E-state index contributed by atoms with van der Waals surface area (Å²) in [6.45, 7) is 2.67. The van der Waals surface area contributed by atoms with Crippen LogP contribution in [0.3, 0.4) is 0 Å². The van der Waals surface area contributed by atoms with Crippen molar-refractivity contribution in [1.29, 1.82) is 0 Å². The summed E-state index contributed by atoms with van der Waals surface area (Å²) in [5.41, 5.74) is 0.548. The number of rotatable bonds is 7. The van der Waals surface area contributed by atoms with Crippen molar-refractivity contribution in [3.8, 4) is 5.75 Å². The molecule has 6 nitrogen and oxygen atoms in total. The Bertz CT molecular complexity index is 613. The molecule has 1 aromatic rings. The molecule has 1 unspecified atom stereocenters. The lowest BCUT2D eigenvalue weighted by Crippen LogP contribution is -2.42. The lowest BCUT2D eigenvalue weighted by Gasteiger charge is -2.32. The molecule has 0 aromatic heterocycles. The summed E-state index contributed by atoms with van der Waals surface area (Å²) >= 11 is 0. The highest BCUT2D eigenvalue weighted by molar-refractivity contribution is 5.94. The minimum atomic E-state index is -0.799. The van der Waals surface area contributed by atoms with Crippen LogP contribution in [0, 0.1) is 5.92 Å². The van der Waals surface area contributed by atoms with Crippen LogP contribution in [0.5, 0.6) is 5.75 Å². The number of aliphatic carboxylic acids is 1. The van der Waals surface area contributed by atoms with Crippen LogP contribution in [0.4, 0.5) is 0 Å². The van der Waals surface area contributed by atoms with E-state index in [1.807, 2.05) is 0 Å². The number of carbonyl (C=O) groups is 3. The molecular formula is C18H23NO5. The van der Waals surface area contributed by atoms with E-state index in [-0.39, 0.29) is 30.6 Å². The van der Waals surface area contributed by atoms with E-state index in [1.54, 1.807) is 29.2 Å². The summed E-state index contributed by atoms with van der Waals surface area (Å²) in [5, 5.41) is 8.77. The maximum atomic E-state index is 12.3. The first-order chi connectivity index (χ1) is 11.5. The zero-order valence-corrected chi connectivity index (χ0v) is 13.9. The third kappa shape index (κ3) is 5.37. The van der Waals surface area contributed by atoms with Gasteiger partial charge in [-0.3, -0.25) is 14.4 Å². The van der Waals surface area contributed by atoms with Gasteiger partial charge in [-0.25, -0.2) is 0 Å². The number of hydrogen-bond acceptors (Lipinski definition) is 4. The molecule has 0 radical (unpaired) electrons. The fourth-order valence-corrected chi connectivity index (χ4v) is 2.90. The van der Waals surface area contributed by atoms with Gasteiger partial charge in [-0.15, -0.1) is 0 Å². The molecule has 2 rings (SSSR count). The number of carboxylic acids is 1. The number of carboxylic acid groups (broad SMARTS) is 1. The standard InChI is InChI=1S/C18H23NO5/c1-13(20)15-5-2-6-16(10-15)24-12-17(21)19-9-3-4-14(11-19)7-8-18(22)23/h2,5-6,10,14H,3-4,7-9,11-12H2,1H3,(H,22,23). The SMILES string of the molecule is CC(=O)c1cccc(OCC(=O)N2CCCC(CCC(=O)O)C2)c1. The van der Waals surface area contributed by atoms with Crippen LogP contribution in [0.25, 0.3) is 0 Å². The predicted octanol–water partition coefficient (Wildman–Crippen LogP) is 2.37. The van der Waals surface area contributed by atoms with Crippen LogP contribution in [-0.4, -0.2) is 47.4 Å². The lowest BCUT2D eigenvalue weighted by molar-refractivity contribution is -0.137. The van der Waals surface area contributed by atoms with Gasteiger partial charge >= 0.3 is 5.97 Å². The van der Waals surface area contributed by atoms with Crippen LogP contribution in [-0.2, 0) is 9.59 Å². The highest BCUT2D eigenvalue weighted by atomic mass is 16.5. The first-order valence-corrected chi connectivity index (χ1v) is 8.19. The van der Waals surface area contributed by atoms with Gasteiger partial charge in [0.15, 0.2) is 12.4 Å². The molecule has 24 heavy (non-hydrogen) atoms. The molecular weight excluding hydrogens is 310 g/mol. The van der Waals surface area contributed by atoms with Crippen molar-refractivity contribution in [3.63, 3.8) is 0 Å². The number of carbonyl (C=O) groups excluding carboxylic acids is 2. The second kappa shape index (κ2) is 8.47. The number of piperidine rings is 1. The zero-order valence-electron chi connectivity index (χ0n) is 13.9. The lowest BCUT2D eigenvalue weighted by atomic mass is 9.93. The Balaban J connectivity index is 1.84. The maximum absolute atomic E-state index is 12.3. The minimum absolute atomic E-state index is 0.0518. The topological polar surface area (TPSA) is 83.9 Å². The molecule has 1 N–H and O–H groups in total. The van der Waals surface area contributed by atoms with Crippen LogP contribution in [0.1, 0.15) is 43.0 Å². The van der Waals surface area contributed by atoms with Gasteiger partial charge in [0.25, 0.3) is 5.91 Å². The van der Waals surface area contributed by atoms with Crippen LogP contribution >= 0.6 is 0 Å². The number of hydrogen-bond donors (Lipinski definition) is 1. The van der Waals surface area contributed by atoms with Crippen molar-refractivity contribution in [3.05, 3.63) is 29.8 Å². The number of ether oxygens (including phenoxy) is 1. The van der Waals surface area contributed by atoms with Crippen molar-refractivity contribution in [1.82, 2.24) is 4.90 Å². The molecule has 1 saturated heterocycles. The van der Waals surface area contributed by atoms with Crippen molar-refractivity contribution < 1.29 is 24.2 Å². The second-order valence-corrected chi connectivity index (χ2v) is 6.15. The third-order valence-electron chi connectivity index (χ3n) is 4.24. The summed E-state index contributed by atoms with van der Waals surface area (Å²) in [5.74, 6) is -0.227. The summed E-state index contributed by atoms with van der Waals surface area (Å²) in [4.78, 5) is 36.1. The first kappa shape index (κ1) is 18.0. The number of Topliss-reactive ketones (excluding diaryl/α,β-unsaturated/α-hetero) is 1. The molecule has 0 bridgehead atoms. The van der Waals surface area contributed by atoms with E-state index in [4.69, 9.17) is 9.84 Å². The quantitative estimate of drug-likeness (QED) is 0.775. The monoisotopic (exact) mass is 333 g/mol. The molecule has 1 aliphatic heterocycles. The van der Waals surface area contributed by atoms with Gasteiger partial charge in [0.1, 0.15) is 5.75 Å². The van der Waals surface area contributed by atoms with Gasteiger partial charge in [-0.05, 0) is 44.2 Å². The zero-order chi connectivity index (χ0) is 17.5. The molecule has 1 fully saturated rings. The van der Waals surface area contributed by atoms with Crippen LogP contribution in [0.15, 0.2) is 24.3 Å². The second-order valence-electron chi connectivity index (χ2n) is 6.15. The Labute approximate surface area is 141 Å². The Morgan fingerprint density at radius 2 is 2.12 bits per heavy atom. The van der Waals surface area contributed by atoms with Gasteiger partial charge in [0.2, 0.25) is 0 Å². The molecule has 1 aromatic carbocycles. The van der Waals surface area contributed by atoms with Crippen molar-refractivity contribution in [2.24, 2.45) is 5.92 Å². The van der Waals surface area contributed by atoms with Gasteiger partial charge < -0.3 is 14.7 Å². The summed E-state index contributed by atoms with van der Waals surface area (Å²) in [6.07, 6.45) is 2.58. The van der Waals surface area contributed by atoms with Gasteiger partial charge in [-0.2, -0.15) is 0 Å². The molecule has 0 aliphatic carbocycles. The highest BCUT2D eigenvalue weighted by Gasteiger charge is 2.24. The number of amides is 1. The predicted molar refractivity (Wildman–Crippen MR) is 88.1 cm³/mol. The minimum Gasteiger partial charge on any atom is -0.484 e. The fraction of sp³-hybridized carbons (Fsp3) is 0.500. The molecule has 6 heteroatoms. The van der Waals surface area contributed by atoms with Crippen LogP contribution < -0.4 is 4.74 Å². The molecule has 1 atom stereocenters. The Morgan fingerprint density at radius 1 is 1.33 bits per heavy atom. The maximum Gasteiger partial charge on any atom is 0.303 e. The van der Waals surface area contributed by atoms with Crippen molar-refractivity contribution in [2.75, 3.05) is 19.7 Å². The summed E-state index contributed by atoms with van der Waals surface area (Å²) in [7, 11) is 0. The van der Waals surface area contributed by atoms with E-state index in [1.165, 1.54) is 6.92 Å². The van der Waals surface area contributed by atoms with Gasteiger partial charge in [0, 0.05) is 25.1 Å². The Hall–Kier alpha value is -2.37. The van der Waals surface area contributed by atoms with Crippen LogP contribution in [0.2, 0.25) is 0 Å². The molecule has 0 saturated carbocycles. The number of ketones is 1. The van der Waals surface area contributed by atoms with E-state index in [2.05, 4.69) is 0 Å².